The first-order valence-corrected chi connectivity index (χ1v) is 13.7. The Morgan fingerprint density at radius 2 is 1.97 bits per heavy atom. The maximum atomic E-state index is 13.2. The van der Waals surface area contributed by atoms with Gasteiger partial charge < -0.3 is 19.8 Å². The molecule has 3 aliphatic rings. The lowest BCUT2D eigenvalue weighted by atomic mass is 10.0. The molecule has 3 fully saturated rings. The van der Waals surface area contributed by atoms with Gasteiger partial charge >= 0.3 is 0 Å². The molecule has 0 aliphatic carbocycles. The van der Waals surface area contributed by atoms with Gasteiger partial charge in [-0.2, -0.15) is 4.31 Å². The van der Waals surface area contributed by atoms with Gasteiger partial charge in [-0.3, -0.25) is 4.90 Å². The molecule has 0 radical (unpaired) electrons. The highest BCUT2D eigenvalue weighted by Crippen LogP contribution is 2.32. The van der Waals surface area contributed by atoms with Gasteiger partial charge in [-0.15, -0.1) is 11.3 Å². The molecule has 3 saturated heterocycles. The van der Waals surface area contributed by atoms with Crippen LogP contribution in [0.15, 0.2) is 28.3 Å². The zero-order chi connectivity index (χ0) is 24.1. The molecule has 13 heteroatoms. The van der Waals surface area contributed by atoms with Crippen molar-refractivity contribution in [3.63, 3.8) is 0 Å². The normalized spacial score (nSPS) is 29.0. The van der Waals surface area contributed by atoms with Crippen molar-refractivity contribution in [2.45, 2.75) is 54.4 Å². The number of sulfonamides is 1. The first kappa shape index (κ1) is 24.0. The van der Waals surface area contributed by atoms with Crippen LogP contribution < -0.4 is 4.90 Å². The molecule has 5 rings (SSSR count). The summed E-state index contributed by atoms with van der Waals surface area (Å²) in [5.41, 5.74) is -0.450. The average molecular weight is 511 g/mol. The number of ether oxygens (including phenoxy) is 1. The molecule has 0 aromatic carbocycles. The fraction of sp³-hybridized carbons (Fsp3) is 0.667. The van der Waals surface area contributed by atoms with Gasteiger partial charge in [0.1, 0.15) is 0 Å². The highest BCUT2D eigenvalue weighted by molar-refractivity contribution is 7.91. The Morgan fingerprint density at radius 3 is 2.62 bits per heavy atom. The molecule has 0 saturated carbocycles. The number of hydrogen-bond acceptors (Lipinski definition) is 11. The number of morpholine rings is 1. The molecule has 2 N–H and O–H groups in total. The third-order valence-corrected chi connectivity index (χ3v) is 9.93. The first-order chi connectivity index (χ1) is 16.1. The molecule has 2 bridgehead atoms. The minimum absolute atomic E-state index is 0.0901. The van der Waals surface area contributed by atoms with Gasteiger partial charge in [0.05, 0.1) is 37.0 Å². The number of rotatable bonds is 6. The van der Waals surface area contributed by atoms with Crippen molar-refractivity contribution in [3.05, 3.63) is 29.5 Å². The number of aliphatic hydroxyl groups excluding tert-OH is 1. The van der Waals surface area contributed by atoms with Crippen LogP contribution >= 0.6 is 11.3 Å². The molecule has 0 spiro atoms. The van der Waals surface area contributed by atoms with E-state index in [0.29, 0.717) is 44.2 Å². The van der Waals surface area contributed by atoms with Crippen LogP contribution in [0.25, 0.3) is 0 Å². The summed E-state index contributed by atoms with van der Waals surface area (Å²) in [5, 5.41) is 22.4. The number of fused-ring (bicyclic) bond motifs is 2. The van der Waals surface area contributed by atoms with Crippen LogP contribution in [0.4, 0.5) is 5.95 Å². The van der Waals surface area contributed by atoms with E-state index in [2.05, 4.69) is 19.9 Å². The fourth-order valence-corrected chi connectivity index (χ4v) is 7.42. The smallest absolute Gasteiger partial charge is 0.270 e. The third-order valence-electron chi connectivity index (χ3n) is 6.89. The number of anilines is 1. The molecule has 186 valence electrons. The molecule has 3 aliphatic heterocycles. The molecular formula is C21H30N6O5S2. The van der Waals surface area contributed by atoms with Crippen molar-refractivity contribution < 1.29 is 23.4 Å². The molecule has 2 aromatic heterocycles. The molecule has 4 atom stereocenters. The fourth-order valence-electron chi connectivity index (χ4n) is 4.98. The van der Waals surface area contributed by atoms with E-state index in [1.807, 2.05) is 4.90 Å². The summed E-state index contributed by atoms with van der Waals surface area (Å²) in [4.78, 5) is 17.3. The second kappa shape index (κ2) is 9.04. The number of thiazole rings is 1. The molecular weight excluding hydrogens is 480 g/mol. The second-order valence-corrected chi connectivity index (χ2v) is 12.6. The highest BCUT2D eigenvalue weighted by atomic mass is 32.2. The van der Waals surface area contributed by atoms with E-state index in [1.54, 1.807) is 31.6 Å². The Labute approximate surface area is 203 Å². The Kier molecular flexibility index (Phi) is 6.38. The van der Waals surface area contributed by atoms with Gasteiger partial charge in [0, 0.05) is 61.8 Å². The van der Waals surface area contributed by atoms with Crippen molar-refractivity contribution in [2.24, 2.45) is 0 Å². The first-order valence-electron chi connectivity index (χ1n) is 11.4. The zero-order valence-corrected chi connectivity index (χ0v) is 20.8. The maximum absolute atomic E-state index is 13.2. The van der Waals surface area contributed by atoms with E-state index in [9.17, 15) is 18.6 Å². The van der Waals surface area contributed by atoms with Crippen LogP contribution in [0.2, 0.25) is 0 Å². The summed E-state index contributed by atoms with van der Waals surface area (Å²) in [7, 11) is -3.70. The third kappa shape index (κ3) is 4.45. The minimum Gasteiger partial charge on any atom is -0.391 e. The summed E-state index contributed by atoms with van der Waals surface area (Å²) in [5.74, 6) is 0.491. The van der Waals surface area contributed by atoms with E-state index in [1.165, 1.54) is 10.5 Å². The van der Waals surface area contributed by atoms with Crippen LogP contribution in [0.1, 0.15) is 25.8 Å². The molecule has 34 heavy (non-hydrogen) atoms. The van der Waals surface area contributed by atoms with Gasteiger partial charge in [0.25, 0.3) is 10.0 Å². The van der Waals surface area contributed by atoms with E-state index >= 15 is 0 Å². The summed E-state index contributed by atoms with van der Waals surface area (Å²) in [6.07, 6.45) is 4.91. The van der Waals surface area contributed by atoms with E-state index in [-0.39, 0.29) is 35.6 Å². The zero-order valence-electron chi connectivity index (χ0n) is 19.2. The van der Waals surface area contributed by atoms with E-state index in [4.69, 9.17) is 4.74 Å². The Hall–Kier alpha value is -1.74. The van der Waals surface area contributed by atoms with Crippen LogP contribution in [0.3, 0.4) is 0 Å². The van der Waals surface area contributed by atoms with Gasteiger partial charge in [-0.25, -0.2) is 23.4 Å². The van der Waals surface area contributed by atoms with E-state index in [0.717, 1.165) is 11.3 Å². The summed E-state index contributed by atoms with van der Waals surface area (Å²) < 4.78 is 33.6. The lowest BCUT2D eigenvalue weighted by Gasteiger charge is -2.44. The van der Waals surface area contributed by atoms with Crippen molar-refractivity contribution in [3.8, 4) is 0 Å². The maximum Gasteiger partial charge on any atom is 0.270 e. The Balaban J connectivity index is 1.42. The van der Waals surface area contributed by atoms with Crippen LogP contribution in [-0.4, -0.2) is 106 Å². The molecule has 5 heterocycles. The van der Waals surface area contributed by atoms with Gasteiger partial charge in [0.15, 0.2) is 0 Å². The van der Waals surface area contributed by atoms with Crippen LogP contribution in [-0.2, 0) is 20.4 Å². The largest absolute Gasteiger partial charge is 0.391 e. The predicted molar refractivity (Wildman–Crippen MR) is 125 cm³/mol. The van der Waals surface area contributed by atoms with Crippen LogP contribution in [0, 0.1) is 0 Å². The van der Waals surface area contributed by atoms with Crippen molar-refractivity contribution in [1.29, 1.82) is 0 Å². The van der Waals surface area contributed by atoms with Crippen LogP contribution in [0.5, 0.6) is 0 Å². The standard InChI is InChI=1S/C21H30N6O5S2/c1-21(2,29)14-8-23-19(24-9-14)26-5-4-25(34(30,31)20-22-3-6-33-20)10-16(26)11-27-15-7-18(28)17(27)13-32-12-15/h3,6,8-9,15-18,28-29H,4-5,7,10-13H2,1-2H3/t15-,16-,17-,18-/m1/s1. The topological polar surface area (TPSA) is 132 Å². The number of aliphatic hydroxyl groups is 2. The average Bonchev–Trinajstić information content (AvgIpc) is 3.39. The van der Waals surface area contributed by atoms with E-state index < -0.39 is 21.7 Å². The highest BCUT2D eigenvalue weighted by Gasteiger charge is 2.46. The summed E-state index contributed by atoms with van der Waals surface area (Å²) >= 11 is 1.11. The lowest BCUT2D eigenvalue weighted by Crippen LogP contribution is -2.61. The number of hydrogen-bond donors (Lipinski definition) is 2. The predicted octanol–water partition coefficient (Wildman–Crippen LogP) is -0.126. The lowest BCUT2D eigenvalue weighted by molar-refractivity contribution is -0.0345. The quantitative estimate of drug-likeness (QED) is 0.542. The molecule has 2 aromatic rings. The monoisotopic (exact) mass is 510 g/mol. The SMILES string of the molecule is CC(C)(O)c1cnc(N2CCN(S(=O)(=O)c3nccs3)C[C@@H]2CN2[C@H]3COC[C@@H]2[C@H](O)C3)nc1. The van der Waals surface area contributed by atoms with Gasteiger partial charge in [-0.1, -0.05) is 0 Å². The minimum atomic E-state index is -3.70. The summed E-state index contributed by atoms with van der Waals surface area (Å²) in [6.45, 7) is 5.88. The molecule has 11 nitrogen and oxygen atoms in total. The number of piperazine rings is 1. The van der Waals surface area contributed by atoms with Crippen molar-refractivity contribution in [1.82, 2.24) is 24.2 Å². The molecule has 0 unspecified atom stereocenters. The number of aromatic nitrogens is 3. The van der Waals surface area contributed by atoms with Crippen molar-refractivity contribution >= 4 is 27.3 Å². The van der Waals surface area contributed by atoms with Crippen molar-refractivity contribution in [2.75, 3.05) is 44.3 Å². The Bertz CT molecular complexity index is 1090. The number of nitrogens with zero attached hydrogens (tertiary/aromatic N) is 6. The molecule has 0 amide bonds. The van der Waals surface area contributed by atoms with Gasteiger partial charge in [-0.05, 0) is 20.3 Å². The summed E-state index contributed by atoms with van der Waals surface area (Å²) in [6, 6.07) is -0.241. The van der Waals surface area contributed by atoms with Gasteiger partial charge in [0.2, 0.25) is 10.3 Å². The Morgan fingerprint density at radius 1 is 1.21 bits per heavy atom. The second-order valence-electron chi connectivity index (χ2n) is 9.60.